The molecule has 170 valence electrons. The van der Waals surface area contributed by atoms with Gasteiger partial charge < -0.3 is 10.2 Å². The third kappa shape index (κ3) is 4.46. The van der Waals surface area contributed by atoms with Gasteiger partial charge in [0.1, 0.15) is 0 Å². The minimum absolute atomic E-state index is 0.0121. The molecule has 32 heavy (non-hydrogen) atoms. The number of nitrogens with zero attached hydrogens (tertiary/aromatic N) is 3. The number of fused-ring (bicyclic) bond motifs is 1. The number of rotatable bonds is 5. The molecule has 3 heterocycles. The molecule has 1 aromatic heterocycles. The summed E-state index contributed by atoms with van der Waals surface area (Å²) in [7, 11) is 0. The van der Waals surface area contributed by atoms with Crippen molar-refractivity contribution in [1.29, 1.82) is 0 Å². The van der Waals surface area contributed by atoms with Crippen molar-refractivity contribution in [2.45, 2.75) is 58.3 Å². The quantitative estimate of drug-likeness (QED) is 0.719. The molecule has 3 aliphatic rings. The van der Waals surface area contributed by atoms with Crippen molar-refractivity contribution in [3.05, 3.63) is 28.6 Å². The molecule has 6 nitrogen and oxygen atoms in total. The average Bonchev–Trinajstić information content (AvgIpc) is 3.53. The summed E-state index contributed by atoms with van der Waals surface area (Å²) in [5.41, 5.74) is 4.27. The Morgan fingerprint density at radius 1 is 1.09 bits per heavy atom. The minimum Gasteiger partial charge on any atom is -0.312 e. The van der Waals surface area contributed by atoms with E-state index in [9.17, 15) is 9.59 Å². The smallest absolute Gasteiger partial charge is 0.240 e. The van der Waals surface area contributed by atoms with Gasteiger partial charge in [0.25, 0.3) is 0 Å². The fraction of sp³-hybridized carbons (Fsp3) is 0.560. The van der Waals surface area contributed by atoms with Crippen LogP contribution in [0.15, 0.2) is 18.2 Å². The lowest BCUT2D eigenvalue weighted by Gasteiger charge is -2.26. The zero-order chi connectivity index (χ0) is 22.1. The van der Waals surface area contributed by atoms with E-state index in [1.807, 2.05) is 4.90 Å². The van der Waals surface area contributed by atoms with E-state index in [2.05, 4.69) is 35.3 Å². The number of aromatic nitrogens is 1. The largest absolute Gasteiger partial charge is 0.312 e. The highest BCUT2D eigenvalue weighted by Crippen LogP contribution is 2.37. The number of nitrogens with one attached hydrogen (secondary N) is 1. The first-order chi connectivity index (χ1) is 15.6. The number of carbonyl (C=O) groups excluding carboxylic acids is 2. The van der Waals surface area contributed by atoms with E-state index in [4.69, 9.17) is 4.98 Å². The Morgan fingerprint density at radius 3 is 2.66 bits per heavy atom. The molecule has 1 saturated carbocycles. The zero-order valence-corrected chi connectivity index (χ0v) is 19.7. The van der Waals surface area contributed by atoms with E-state index in [0.29, 0.717) is 17.6 Å². The van der Waals surface area contributed by atoms with Gasteiger partial charge in [-0.1, -0.05) is 25.3 Å². The van der Waals surface area contributed by atoms with Crippen molar-refractivity contribution >= 4 is 34.0 Å². The number of anilines is 2. The first kappa shape index (κ1) is 21.6. The average molecular weight is 453 g/mol. The summed E-state index contributed by atoms with van der Waals surface area (Å²) < 4.78 is 0. The second-order valence-corrected chi connectivity index (χ2v) is 10.6. The van der Waals surface area contributed by atoms with Crippen LogP contribution in [0.3, 0.4) is 0 Å². The summed E-state index contributed by atoms with van der Waals surface area (Å²) >= 11 is 1.53. The molecule has 2 aromatic rings. The standard InChI is InChI=1S/C25H32N4O2S/c1-17-23(27-25(32-17)26-22(30)16-28-12-5-6-13-28)20-9-10-21-19(15-20)11-14-29(21)24(31)18-7-3-2-4-8-18/h9-10,15,18H,2-8,11-14,16H2,1H3,(H,26,27,30). The number of hydrogen-bond acceptors (Lipinski definition) is 5. The molecule has 2 fully saturated rings. The van der Waals surface area contributed by atoms with E-state index < -0.39 is 0 Å². The summed E-state index contributed by atoms with van der Waals surface area (Å²) in [4.78, 5) is 35.5. The van der Waals surface area contributed by atoms with Crippen LogP contribution >= 0.6 is 11.3 Å². The maximum Gasteiger partial charge on any atom is 0.240 e. The second-order valence-electron chi connectivity index (χ2n) is 9.37. The lowest BCUT2D eigenvalue weighted by Crippen LogP contribution is -2.35. The summed E-state index contributed by atoms with van der Waals surface area (Å²) in [6.07, 6.45) is 8.93. The number of likely N-dealkylation sites (tertiary alicyclic amines) is 1. The molecule has 0 spiro atoms. The van der Waals surface area contributed by atoms with Crippen LogP contribution in [0.25, 0.3) is 11.3 Å². The molecule has 0 atom stereocenters. The molecule has 5 rings (SSSR count). The predicted octanol–water partition coefficient (Wildman–Crippen LogP) is 4.62. The third-order valence-electron chi connectivity index (χ3n) is 7.08. The van der Waals surface area contributed by atoms with Crippen molar-refractivity contribution in [2.24, 2.45) is 5.92 Å². The Hall–Kier alpha value is -2.25. The Bertz CT molecular complexity index is 1010. The number of amides is 2. The Labute approximate surface area is 194 Å². The van der Waals surface area contributed by atoms with Gasteiger partial charge in [0.2, 0.25) is 11.8 Å². The number of carbonyl (C=O) groups is 2. The van der Waals surface area contributed by atoms with Crippen molar-refractivity contribution < 1.29 is 9.59 Å². The molecular formula is C25H32N4O2S. The highest BCUT2D eigenvalue weighted by atomic mass is 32.1. The summed E-state index contributed by atoms with van der Waals surface area (Å²) in [6.45, 7) is 5.28. The lowest BCUT2D eigenvalue weighted by molar-refractivity contribution is -0.123. The lowest BCUT2D eigenvalue weighted by atomic mass is 9.88. The predicted molar refractivity (Wildman–Crippen MR) is 129 cm³/mol. The van der Waals surface area contributed by atoms with Crippen molar-refractivity contribution in [3.8, 4) is 11.3 Å². The number of aryl methyl sites for hydroxylation is 1. The van der Waals surface area contributed by atoms with Crippen molar-refractivity contribution in [1.82, 2.24) is 9.88 Å². The molecule has 2 aliphatic heterocycles. The summed E-state index contributed by atoms with van der Waals surface area (Å²) in [5.74, 6) is 0.518. The van der Waals surface area contributed by atoms with Gasteiger partial charge in [-0.25, -0.2) is 4.98 Å². The first-order valence-electron chi connectivity index (χ1n) is 12.0. The maximum atomic E-state index is 13.1. The van der Waals surface area contributed by atoms with E-state index in [1.54, 1.807) is 0 Å². The molecule has 0 bridgehead atoms. The SMILES string of the molecule is Cc1sc(NC(=O)CN2CCCC2)nc1-c1ccc2c(c1)CCN2C(=O)C1CCCCC1. The molecule has 1 aliphatic carbocycles. The zero-order valence-electron chi connectivity index (χ0n) is 18.9. The summed E-state index contributed by atoms with van der Waals surface area (Å²) in [6, 6.07) is 6.34. The van der Waals surface area contributed by atoms with Crippen LogP contribution in [-0.2, 0) is 16.0 Å². The van der Waals surface area contributed by atoms with Crippen molar-refractivity contribution in [2.75, 3.05) is 36.4 Å². The van der Waals surface area contributed by atoms with Gasteiger partial charge in [-0.2, -0.15) is 0 Å². The van der Waals surface area contributed by atoms with Gasteiger partial charge in [-0.3, -0.25) is 14.5 Å². The number of thiazole rings is 1. The minimum atomic E-state index is 0.0121. The molecule has 7 heteroatoms. The molecule has 2 amide bonds. The van der Waals surface area contributed by atoms with Gasteiger partial charge in [0, 0.05) is 28.6 Å². The van der Waals surface area contributed by atoms with Crippen LogP contribution < -0.4 is 10.2 Å². The second kappa shape index (κ2) is 9.32. The maximum absolute atomic E-state index is 13.1. The molecule has 0 unspecified atom stereocenters. The van der Waals surface area contributed by atoms with Crippen LogP contribution in [0, 0.1) is 12.8 Å². The monoisotopic (exact) mass is 452 g/mol. The fourth-order valence-electron chi connectivity index (χ4n) is 5.37. The molecule has 0 radical (unpaired) electrons. The molecular weight excluding hydrogens is 420 g/mol. The van der Waals surface area contributed by atoms with Crippen molar-refractivity contribution in [3.63, 3.8) is 0 Å². The van der Waals surface area contributed by atoms with E-state index >= 15 is 0 Å². The van der Waals surface area contributed by atoms with Gasteiger partial charge in [0.15, 0.2) is 5.13 Å². The van der Waals surface area contributed by atoms with E-state index in [1.165, 1.54) is 49.0 Å². The topological polar surface area (TPSA) is 65.5 Å². The van der Waals surface area contributed by atoms with Gasteiger partial charge in [-0.05, 0) is 69.8 Å². The van der Waals surface area contributed by atoms with Gasteiger partial charge in [-0.15, -0.1) is 11.3 Å². The van der Waals surface area contributed by atoms with E-state index in [-0.39, 0.29) is 11.8 Å². The summed E-state index contributed by atoms with van der Waals surface area (Å²) in [5, 5.41) is 3.65. The van der Waals surface area contributed by atoms with Crippen LogP contribution in [-0.4, -0.2) is 47.9 Å². The van der Waals surface area contributed by atoms with Crippen LogP contribution in [0.4, 0.5) is 10.8 Å². The molecule has 1 saturated heterocycles. The molecule has 1 aromatic carbocycles. The van der Waals surface area contributed by atoms with E-state index in [0.717, 1.165) is 60.7 Å². The molecule has 1 N–H and O–H groups in total. The number of hydrogen-bond donors (Lipinski definition) is 1. The number of benzene rings is 1. The van der Waals surface area contributed by atoms with Gasteiger partial charge in [0.05, 0.1) is 12.2 Å². The fourth-order valence-corrected chi connectivity index (χ4v) is 6.22. The third-order valence-corrected chi connectivity index (χ3v) is 7.96. The Balaban J connectivity index is 1.29. The Morgan fingerprint density at radius 2 is 1.88 bits per heavy atom. The van der Waals surface area contributed by atoms with Crippen LogP contribution in [0.5, 0.6) is 0 Å². The highest BCUT2D eigenvalue weighted by molar-refractivity contribution is 7.16. The van der Waals surface area contributed by atoms with Crippen LogP contribution in [0.2, 0.25) is 0 Å². The van der Waals surface area contributed by atoms with Crippen LogP contribution in [0.1, 0.15) is 55.4 Å². The highest BCUT2D eigenvalue weighted by Gasteiger charge is 2.31. The normalized spacial score (nSPS) is 19.3. The van der Waals surface area contributed by atoms with Gasteiger partial charge >= 0.3 is 0 Å². The first-order valence-corrected chi connectivity index (χ1v) is 12.8. The Kier molecular flexibility index (Phi) is 6.28.